The fourth-order valence-corrected chi connectivity index (χ4v) is 1.06. The molecule has 0 unspecified atom stereocenters. The molecule has 0 radical (unpaired) electrons. The van der Waals surface area contributed by atoms with Gasteiger partial charge in [-0.15, -0.1) is 0 Å². The van der Waals surface area contributed by atoms with Crippen LogP contribution in [0.5, 0.6) is 0 Å². The van der Waals surface area contributed by atoms with Gasteiger partial charge in [0.15, 0.2) is 0 Å². The van der Waals surface area contributed by atoms with Gasteiger partial charge in [-0.2, -0.15) is 9.97 Å². The van der Waals surface area contributed by atoms with Crippen molar-refractivity contribution < 1.29 is 4.74 Å². The molecule has 0 spiro atoms. The zero-order valence-corrected chi connectivity index (χ0v) is 10.2. The molecular formula is C10H19N5O. The van der Waals surface area contributed by atoms with Crippen LogP contribution in [0.15, 0.2) is 6.07 Å². The number of rotatable bonds is 5. The molecule has 90 valence electrons. The van der Waals surface area contributed by atoms with E-state index < -0.39 is 0 Å². The van der Waals surface area contributed by atoms with E-state index >= 15 is 0 Å². The van der Waals surface area contributed by atoms with Crippen molar-refractivity contribution in [2.45, 2.75) is 19.4 Å². The Morgan fingerprint density at radius 2 is 2.00 bits per heavy atom. The van der Waals surface area contributed by atoms with Crippen LogP contribution >= 0.6 is 0 Å². The SMILES string of the molecule is CNc1cc(NCC(C)(C)OC)nc(N)n1. The first kappa shape index (κ1) is 12.5. The first-order valence-corrected chi connectivity index (χ1v) is 5.08. The van der Waals surface area contributed by atoms with E-state index in [1.807, 2.05) is 13.8 Å². The highest BCUT2D eigenvalue weighted by molar-refractivity contribution is 5.50. The van der Waals surface area contributed by atoms with E-state index in [2.05, 4.69) is 20.6 Å². The van der Waals surface area contributed by atoms with Crippen LogP contribution in [-0.4, -0.2) is 36.3 Å². The maximum Gasteiger partial charge on any atom is 0.223 e. The second-order valence-electron chi connectivity index (χ2n) is 4.06. The van der Waals surface area contributed by atoms with Crippen LogP contribution in [0.2, 0.25) is 0 Å². The van der Waals surface area contributed by atoms with Crippen LogP contribution in [-0.2, 0) is 4.74 Å². The Balaban J connectivity index is 2.70. The molecular weight excluding hydrogens is 206 g/mol. The monoisotopic (exact) mass is 225 g/mol. The van der Waals surface area contributed by atoms with Crippen molar-refractivity contribution in [3.63, 3.8) is 0 Å². The minimum Gasteiger partial charge on any atom is -0.377 e. The van der Waals surface area contributed by atoms with Crippen LogP contribution in [0.3, 0.4) is 0 Å². The third-order valence-corrected chi connectivity index (χ3v) is 2.25. The summed E-state index contributed by atoms with van der Waals surface area (Å²) in [6.07, 6.45) is 0. The molecule has 0 saturated carbocycles. The first-order valence-electron chi connectivity index (χ1n) is 5.08. The predicted octanol–water partition coefficient (Wildman–Crippen LogP) is 0.937. The lowest BCUT2D eigenvalue weighted by Gasteiger charge is -2.23. The van der Waals surface area contributed by atoms with Crippen LogP contribution in [0.4, 0.5) is 17.6 Å². The van der Waals surface area contributed by atoms with E-state index in [1.54, 1.807) is 20.2 Å². The molecule has 16 heavy (non-hydrogen) atoms. The Morgan fingerprint density at radius 1 is 1.38 bits per heavy atom. The summed E-state index contributed by atoms with van der Waals surface area (Å²) in [5.41, 5.74) is 5.32. The minimum atomic E-state index is -0.250. The normalized spacial score (nSPS) is 11.2. The standard InChI is InChI=1S/C10H19N5O/c1-10(2,16-4)6-13-8-5-7(12-3)14-9(11)15-8/h5H,6H2,1-4H3,(H4,11,12,13,14,15). The van der Waals surface area contributed by atoms with Crippen molar-refractivity contribution in [2.75, 3.05) is 37.1 Å². The summed E-state index contributed by atoms with van der Waals surface area (Å²) < 4.78 is 5.29. The third kappa shape index (κ3) is 3.54. The van der Waals surface area contributed by atoms with Gasteiger partial charge in [-0.3, -0.25) is 0 Å². The lowest BCUT2D eigenvalue weighted by atomic mass is 10.1. The van der Waals surface area contributed by atoms with Crippen molar-refractivity contribution >= 4 is 17.6 Å². The van der Waals surface area contributed by atoms with E-state index in [0.29, 0.717) is 18.2 Å². The number of nitrogens with one attached hydrogen (secondary N) is 2. The van der Waals surface area contributed by atoms with Crippen LogP contribution in [0.25, 0.3) is 0 Å². The number of ether oxygens (including phenoxy) is 1. The van der Waals surface area contributed by atoms with Crippen LogP contribution < -0.4 is 16.4 Å². The van der Waals surface area contributed by atoms with Crippen molar-refractivity contribution in [1.29, 1.82) is 0 Å². The summed E-state index contributed by atoms with van der Waals surface area (Å²) >= 11 is 0. The molecule has 1 aromatic heterocycles. The van der Waals surface area contributed by atoms with E-state index in [9.17, 15) is 0 Å². The van der Waals surface area contributed by atoms with Gasteiger partial charge in [0.1, 0.15) is 11.6 Å². The molecule has 0 amide bonds. The Morgan fingerprint density at radius 3 is 2.56 bits per heavy atom. The number of aromatic nitrogens is 2. The van der Waals surface area contributed by atoms with Crippen molar-refractivity contribution in [3.05, 3.63) is 6.07 Å². The average molecular weight is 225 g/mol. The summed E-state index contributed by atoms with van der Waals surface area (Å²) in [5, 5.41) is 6.07. The van der Waals surface area contributed by atoms with E-state index in [-0.39, 0.29) is 11.5 Å². The highest BCUT2D eigenvalue weighted by Gasteiger charge is 2.16. The smallest absolute Gasteiger partial charge is 0.223 e. The van der Waals surface area contributed by atoms with Crippen molar-refractivity contribution in [1.82, 2.24) is 9.97 Å². The van der Waals surface area contributed by atoms with Gasteiger partial charge in [0.2, 0.25) is 5.95 Å². The molecule has 1 heterocycles. The van der Waals surface area contributed by atoms with Gasteiger partial charge in [-0.1, -0.05) is 0 Å². The van der Waals surface area contributed by atoms with Gasteiger partial charge in [-0.05, 0) is 13.8 Å². The van der Waals surface area contributed by atoms with Gasteiger partial charge < -0.3 is 21.1 Å². The molecule has 1 aromatic rings. The number of methoxy groups -OCH3 is 1. The Kier molecular flexibility index (Phi) is 3.89. The predicted molar refractivity (Wildman–Crippen MR) is 65.6 cm³/mol. The molecule has 6 heteroatoms. The van der Waals surface area contributed by atoms with Crippen LogP contribution in [0, 0.1) is 0 Å². The zero-order valence-electron chi connectivity index (χ0n) is 10.2. The Bertz CT molecular complexity index is 353. The zero-order chi connectivity index (χ0) is 12.2. The fourth-order valence-electron chi connectivity index (χ4n) is 1.06. The molecule has 0 bridgehead atoms. The molecule has 0 saturated heterocycles. The van der Waals surface area contributed by atoms with Gasteiger partial charge in [0.25, 0.3) is 0 Å². The highest BCUT2D eigenvalue weighted by atomic mass is 16.5. The number of nitrogens with two attached hydrogens (primary N) is 1. The summed E-state index contributed by atoms with van der Waals surface area (Å²) in [7, 11) is 3.46. The Labute approximate surface area is 95.6 Å². The van der Waals surface area contributed by atoms with Gasteiger partial charge in [-0.25, -0.2) is 0 Å². The fraction of sp³-hybridized carbons (Fsp3) is 0.600. The number of anilines is 3. The summed E-state index contributed by atoms with van der Waals surface area (Å²) in [6, 6.07) is 1.79. The summed E-state index contributed by atoms with van der Waals surface area (Å²) in [6.45, 7) is 4.62. The number of hydrogen-bond donors (Lipinski definition) is 3. The molecule has 0 aromatic carbocycles. The maximum atomic E-state index is 5.57. The van der Waals surface area contributed by atoms with E-state index in [4.69, 9.17) is 10.5 Å². The van der Waals surface area contributed by atoms with E-state index in [1.165, 1.54) is 0 Å². The second-order valence-corrected chi connectivity index (χ2v) is 4.06. The molecule has 0 atom stereocenters. The number of hydrogen-bond acceptors (Lipinski definition) is 6. The molecule has 0 aliphatic carbocycles. The Hall–Kier alpha value is -1.56. The quantitative estimate of drug-likeness (QED) is 0.691. The van der Waals surface area contributed by atoms with Crippen molar-refractivity contribution in [2.24, 2.45) is 0 Å². The number of nitrogens with zero attached hydrogens (tertiary/aromatic N) is 2. The molecule has 0 fully saturated rings. The topological polar surface area (TPSA) is 85.1 Å². The van der Waals surface area contributed by atoms with Gasteiger partial charge in [0.05, 0.1) is 5.60 Å². The molecule has 6 nitrogen and oxygen atoms in total. The molecule has 4 N–H and O–H groups in total. The lowest BCUT2D eigenvalue weighted by Crippen LogP contribution is -2.32. The maximum absolute atomic E-state index is 5.57. The van der Waals surface area contributed by atoms with Gasteiger partial charge in [0, 0.05) is 26.8 Å². The lowest BCUT2D eigenvalue weighted by molar-refractivity contribution is 0.0343. The molecule has 0 aliphatic heterocycles. The third-order valence-electron chi connectivity index (χ3n) is 2.25. The number of nitrogen functional groups attached to an aromatic ring is 1. The van der Waals surface area contributed by atoms with Gasteiger partial charge >= 0.3 is 0 Å². The summed E-state index contributed by atoms with van der Waals surface area (Å²) in [4.78, 5) is 8.08. The van der Waals surface area contributed by atoms with Crippen LogP contribution in [0.1, 0.15) is 13.8 Å². The second kappa shape index (κ2) is 4.98. The highest BCUT2D eigenvalue weighted by Crippen LogP contribution is 2.14. The van der Waals surface area contributed by atoms with Crippen molar-refractivity contribution in [3.8, 4) is 0 Å². The average Bonchev–Trinajstić information content (AvgIpc) is 2.26. The summed E-state index contributed by atoms with van der Waals surface area (Å²) in [5.74, 6) is 1.61. The first-order chi connectivity index (χ1) is 7.46. The molecule has 1 rings (SSSR count). The molecule has 0 aliphatic rings. The minimum absolute atomic E-state index is 0.240. The van der Waals surface area contributed by atoms with E-state index in [0.717, 1.165) is 0 Å². The largest absolute Gasteiger partial charge is 0.377 e.